The fraction of sp³-hybridized carbons (Fsp3) is 0.278. The number of aryl methyl sites for hydroxylation is 1. The SMILES string of the molecule is O=C(CCc1cccc([N+](=O)[O-])c1)N1CC[C@@H]1c1ccc(Cl)cc1. The summed E-state index contributed by atoms with van der Waals surface area (Å²) in [6, 6.07) is 14.1. The fourth-order valence-corrected chi connectivity index (χ4v) is 3.06. The second kappa shape index (κ2) is 7.01. The van der Waals surface area contributed by atoms with Gasteiger partial charge in [-0.1, -0.05) is 35.9 Å². The van der Waals surface area contributed by atoms with E-state index in [4.69, 9.17) is 11.6 Å². The van der Waals surface area contributed by atoms with Gasteiger partial charge in [0.15, 0.2) is 0 Å². The van der Waals surface area contributed by atoms with Gasteiger partial charge < -0.3 is 4.90 Å². The van der Waals surface area contributed by atoms with Crippen molar-refractivity contribution in [3.63, 3.8) is 0 Å². The van der Waals surface area contributed by atoms with Gasteiger partial charge in [-0.2, -0.15) is 0 Å². The highest BCUT2D eigenvalue weighted by atomic mass is 35.5. The molecule has 1 saturated heterocycles. The van der Waals surface area contributed by atoms with Gasteiger partial charge in [0, 0.05) is 30.1 Å². The molecule has 0 N–H and O–H groups in total. The van der Waals surface area contributed by atoms with Crippen molar-refractivity contribution in [2.75, 3.05) is 6.54 Å². The van der Waals surface area contributed by atoms with Crippen molar-refractivity contribution in [2.45, 2.75) is 25.3 Å². The van der Waals surface area contributed by atoms with Gasteiger partial charge >= 0.3 is 0 Å². The summed E-state index contributed by atoms with van der Waals surface area (Å²) in [5, 5.41) is 11.5. The zero-order valence-electron chi connectivity index (χ0n) is 13.0. The van der Waals surface area contributed by atoms with Crippen LogP contribution in [-0.2, 0) is 11.2 Å². The van der Waals surface area contributed by atoms with Crippen LogP contribution in [0.4, 0.5) is 5.69 Å². The highest BCUT2D eigenvalue weighted by Gasteiger charge is 2.32. The molecule has 1 aliphatic heterocycles. The lowest BCUT2D eigenvalue weighted by atomic mass is 9.94. The van der Waals surface area contributed by atoms with Crippen LogP contribution in [0, 0.1) is 10.1 Å². The number of amides is 1. The van der Waals surface area contributed by atoms with E-state index < -0.39 is 4.92 Å². The number of hydrogen-bond donors (Lipinski definition) is 0. The summed E-state index contributed by atoms with van der Waals surface area (Å²) in [6.45, 7) is 0.751. The molecule has 0 aliphatic carbocycles. The smallest absolute Gasteiger partial charge is 0.269 e. The van der Waals surface area contributed by atoms with Gasteiger partial charge in [0.05, 0.1) is 11.0 Å². The maximum atomic E-state index is 12.4. The Labute approximate surface area is 145 Å². The van der Waals surface area contributed by atoms with Crippen molar-refractivity contribution in [3.8, 4) is 0 Å². The van der Waals surface area contributed by atoms with Gasteiger partial charge in [-0.25, -0.2) is 0 Å². The number of carbonyl (C=O) groups excluding carboxylic acids is 1. The standard InChI is InChI=1S/C18H17ClN2O3/c19-15-7-5-14(6-8-15)17-10-11-20(17)18(22)9-4-13-2-1-3-16(12-13)21(23)24/h1-3,5-8,12,17H,4,9-11H2/t17-/m1/s1. The van der Waals surface area contributed by atoms with E-state index in [9.17, 15) is 14.9 Å². The number of hydrogen-bond acceptors (Lipinski definition) is 3. The molecule has 1 heterocycles. The van der Waals surface area contributed by atoms with Crippen molar-refractivity contribution in [1.29, 1.82) is 0 Å². The quantitative estimate of drug-likeness (QED) is 0.604. The molecule has 0 bridgehead atoms. The number of carbonyl (C=O) groups is 1. The summed E-state index contributed by atoms with van der Waals surface area (Å²) < 4.78 is 0. The molecule has 0 saturated carbocycles. The zero-order valence-corrected chi connectivity index (χ0v) is 13.8. The minimum Gasteiger partial charge on any atom is -0.335 e. The van der Waals surface area contributed by atoms with E-state index in [0.717, 1.165) is 24.1 Å². The Kier molecular flexibility index (Phi) is 4.81. The fourth-order valence-electron chi connectivity index (χ4n) is 2.94. The number of nitro groups is 1. The minimum absolute atomic E-state index is 0.0583. The Bertz CT molecular complexity index is 761. The van der Waals surface area contributed by atoms with Gasteiger partial charge in [0.2, 0.25) is 5.91 Å². The van der Waals surface area contributed by atoms with E-state index in [-0.39, 0.29) is 17.6 Å². The predicted octanol–water partition coefficient (Wildman–Crippen LogP) is 4.15. The van der Waals surface area contributed by atoms with Gasteiger partial charge in [-0.3, -0.25) is 14.9 Å². The lowest BCUT2D eigenvalue weighted by Crippen LogP contribution is -2.45. The van der Waals surface area contributed by atoms with Crippen LogP contribution < -0.4 is 0 Å². The Balaban J connectivity index is 1.60. The summed E-state index contributed by atoms with van der Waals surface area (Å²) in [5.41, 5.74) is 1.96. The molecular weight excluding hydrogens is 328 g/mol. The first-order valence-electron chi connectivity index (χ1n) is 7.83. The second-order valence-electron chi connectivity index (χ2n) is 5.87. The molecule has 3 rings (SSSR count). The number of likely N-dealkylation sites (tertiary alicyclic amines) is 1. The van der Waals surface area contributed by atoms with E-state index in [1.54, 1.807) is 6.07 Å². The minimum atomic E-state index is -0.419. The zero-order chi connectivity index (χ0) is 17.1. The molecule has 0 radical (unpaired) electrons. The van der Waals surface area contributed by atoms with Crippen molar-refractivity contribution >= 4 is 23.2 Å². The van der Waals surface area contributed by atoms with E-state index in [1.165, 1.54) is 12.1 Å². The summed E-state index contributed by atoms with van der Waals surface area (Å²) in [7, 11) is 0. The molecule has 2 aromatic carbocycles. The first-order valence-corrected chi connectivity index (χ1v) is 8.20. The third kappa shape index (κ3) is 3.57. The van der Waals surface area contributed by atoms with Gasteiger partial charge in [-0.05, 0) is 36.1 Å². The molecule has 1 fully saturated rings. The molecule has 124 valence electrons. The first-order chi connectivity index (χ1) is 11.5. The summed E-state index contributed by atoms with van der Waals surface area (Å²) in [4.78, 5) is 24.7. The van der Waals surface area contributed by atoms with Crippen LogP contribution in [0.1, 0.15) is 30.0 Å². The van der Waals surface area contributed by atoms with Crippen LogP contribution in [-0.4, -0.2) is 22.3 Å². The van der Waals surface area contributed by atoms with E-state index >= 15 is 0 Å². The molecule has 0 spiro atoms. The molecule has 2 aromatic rings. The van der Waals surface area contributed by atoms with Gasteiger partial charge in [-0.15, -0.1) is 0 Å². The molecule has 5 nitrogen and oxygen atoms in total. The first kappa shape index (κ1) is 16.5. The Hall–Kier alpha value is -2.40. The summed E-state index contributed by atoms with van der Waals surface area (Å²) in [5.74, 6) is 0.0766. The molecule has 1 atom stereocenters. The van der Waals surface area contributed by atoms with E-state index in [2.05, 4.69) is 0 Å². The molecule has 6 heteroatoms. The maximum absolute atomic E-state index is 12.4. The third-order valence-corrected chi connectivity index (χ3v) is 4.60. The lowest BCUT2D eigenvalue weighted by Gasteiger charge is -2.41. The topological polar surface area (TPSA) is 63.4 Å². The number of rotatable bonds is 5. The van der Waals surface area contributed by atoms with E-state index in [0.29, 0.717) is 17.9 Å². The number of nitrogens with zero attached hydrogens (tertiary/aromatic N) is 2. The Morgan fingerprint density at radius 2 is 2.00 bits per heavy atom. The third-order valence-electron chi connectivity index (χ3n) is 4.34. The van der Waals surface area contributed by atoms with Gasteiger partial charge in [0.25, 0.3) is 5.69 Å². The normalized spacial score (nSPS) is 16.5. The monoisotopic (exact) mass is 344 g/mol. The average Bonchev–Trinajstić information content (AvgIpc) is 2.54. The number of non-ortho nitro benzene ring substituents is 1. The number of halogens is 1. The maximum Gasteiger partial charge on any atom is 0.269 e. The molecule has 0 unspecified atom stereocenters. The molecular formula is C18H17ClN2O3. The molecule has 1 amide bonds. The predicted molar refractivity (Wildman–Crippen MR) is 91.9 cm³/mol. The molecule has 24 heavy (non-hydrogen) atoms. The van der Waals surface area contributed by atoms with Crippen molar-refractivity contribution in [3.05, 3.63) is 74.8 Å². The van der Waals surface area contributed by atoms with Gasteiger partial charge in [0.1, 0.15) is 0 Å². The number of benzene rings is 2. The summed E-state index contributed by atoms with van der Waals surface area (Å²) >= 11 is 5.90. The van der Waals surface area contributed by atoms with Crippen LogP contribution in [0.25, 0.3) is 0 Å². The highest BCUT2D eigenvalue weighted by molar-refractivity contribution is 6.30. The average molecular weight is 345 g/mol. The van der Waals surface area contributed by atoms with Crippen molar-refractivity contribution in [1.82, 2.24) is 4.90 Å². The molecule has 1 aliphatic rings. The number of nitro benzene ring substituents is 1. The van der Waals surface area contributed by atoms with Crippen LogP contribution in [0.15, 0.2) is 48.5 Å². The van der Waals surface area contributed by atoms with Crippen LogP contribution in [0.3, 0.4) is 0 Å². The van der Waals surface area contributed by atoms with Crippen molar-refractivity contribution < 1.29 is 9.72 Å². The Morgan fingerprint density at radius 3 is 2.62 bits per heavy atom. The highest BCUT2D eigenvalue weighted by Crippen LogP contribution is 2.34. The second-order valence-corrected chi connectivity index (χ2v) is 6.31. The largest absolute Gasteiger partial charge is 0.335 e. The van der Waals surface area contributed by atoms with Crippen molar-refractivity contribution in [2.24, 2.45) is 0 Å². The van der Waals surface area contributed by atoms with Crippen LogP contribution >= 0.6 is 11.6 Å². The van der Waals surface area contributed by atoms with Crippen LogP contribution in [0.2, 0.25) is 5.02 Å². The molecule has 0 aromatic heterocycles. The van der Waals surface area contributed by atoms with Crippen LogP contribution in [0.5, 0.6) is 0 Å². The lowest BCUT2D eigenvalue weighted by molar-refractivity contribution is -0.384. The Morgan fingerprint density at radius 1 is 1.25 bits per heavy atom. The summed E-state index contributed by atoms with van der Waals surface area (Å²) in [6.07, 6.45) is 1.81. The van der Waals surface area contributed by atoms with E-state index in [1.807, 2.05) is 35.2 Å².